The van der Waals surface area contributed by atoms with E-state index in [0.29, 0.717) is 24.3 Å². The number of piperazine rings is 1. The van der Waals surface area contributed by atoms with Gasteiger partial charge < -0.3 is 25.3 Å². The number of hydrogen-bond acceptors (Lipinski definition) is 5. The number of urea groups is 1. The predicted molar refractivity (Wildman–Crippen MR) is 130 cm³/mol. The van der Waals surface area contributed by atoms with Gasteiger partial charge in [-0.1, -0.05) is 23.9 Å². The molecule has 0 unspecified atom stereocenters. The van der Waals surface area contributed by atoms with Crippen molar-refractivity contribution in [3.8, 4) is 0 Å². The molecule has 2 heterocycles. The third-order valence-corrected chi connectivity index (χ3v) is 7.08. The topological polar surface area (TPSA) is 67.9 Å². The molecule has 0 radical (unpaired) electrons. The molecule has 1 fully saturated rings. The first-order chi connectivity index (χ1) is 15.5. The molecule has 0 saturated carbocycles. The molecular weight excluding hydrogens is 422 g/mol. The van der Waals surface area contributed by atoms with E-state index in [-0.39, 0.29) is 11.9 Å². The van der Waals surface area contributed by atoms with E-state index >= 15 is 0 Å². The quantitative estimate of drug-likeness (QED) is 0.655. The second kappa shape index (κ2) is 10.4. The maximum atomic E-state index is 13.1. The van der Waals surface area contributed by atoms with Crippen molar-refractivity contribution < 1.29 is 9.59 Å². The Hall–Kier alpha value is -2.55. The van der Waals surface area contributed by atoms with Gasteiger partial charge in [-0.3, -0.25) is 4.79 Å². The lowest BCUT2D eigenvalue weighted by Crippen LogP contribution is -2.45. The van der Waals surface area contributed by atoms with Crippen LogP contribution in [0.15, 0.2) is 52.3 Å². The number of fused-ring (bicyclic) bond motifs is 2. The van der Waals surface area contributed by atoms with Crippen LogP contribution in [0.2, 0.25) is 0 Å². The van der Waals surface area contributed by atoms with Crippen LogP contribution in [0.3, 0.4) is 0 Å². The van der Waals surface area contributed by atoms with Gasteiger partial charge in [-0.15, -0.1) is 0 Å². The minimum Gasteiger partial charge on any atom is -0.338 e. The summed E-state index contributed by atoms with van der Waals surface area (Å²) in [5.41, 5.74) is 2.22. The Morgan fingerprint density at radius 3 is 2.62 bits per heavy atom. The van der Waals surface area contributed by atoms with E-state index in [1.165, 1.54) is 0 Å². The molecule has 170 valence electrons. The Bertz CT molecular complexity index is 975. The number of likely N-dealkylation sites (N-methyl/N-ethyl adjacent to an activating group) is 1. The molecule has 0 atom stereocenters. The van der Waals surface area contributed by atoms with Gasteiger partial charge in [0.2, 0.25) is 0 Å². The van der Waals surface area contributed by atoms with Crippen molar-refractivity contribution in [2.24, 2.45) is 0 Å². The summed E-state index contributed by atoms with van der Waals surface area (Å²) in [6, 6.07) is 13.2. The molecule has 0 bridgehead atoms. The number of amides is 3. The average molecular weight is 454 g/mol. The predicted octanol–water partition coefficient (Wildman–Crippen LogP) is 3.58. The van der Waals surface area contributed by atoms with E-state index in [1.54, 1.807) is 16.7 Å². The first-order valence-electron chi connectivity index (χ1n) is 11.2. The summed E-state index contributed by atoms with van der Waals surface area (Å²) in [5, 5.41) is 5.87. The number of hydrogen-bond donors (Lipinski definition) is 2. The Morgan fingerprint density at radius 1 is 1.06 bits per heavy atom. The fourth-order valence-corrected chi connectivity index (χ4v) is 5.12. The molecule has 0 spiro atoms. The summed E-state index contributed by atoms with van der Waals surface area (Å²) in [4.78, 5) is 34.0. The molecule has 2 aromatic carbocycles. The van der Waals surface area contributed by atoms with Gasteiger partial charge in [-0.25, -0.2) is 4.79 Å². The molecule has 2 aliphatic rings. The largest absolute Gasteiger partial charge is 0.338 e. The summed E-state index contributed by atoms with van der Waals surface area (Å²) in [6.45, 7) is 8.54. The zero-order valence-electron chi connectivity index (χ0n) is 18.8. The highest BCUT2D eigenvalue weighted by atomic mass is 32.2. The van der Waals surface area contributed by atoms with Crippen LogP contribution in [0, 0.1) is 0 Å². The molecule has 0 aliphatic carbocycles. The third kappa shape index (κ3) is 5.26. The molecule has 8 heteroatoms. The lowest BCUT2D eigenvalue weighted by molar-refractivity contribution is 0.0985. The standard InChI is InChI=1S/C24H31N5O2S/c1-3-29-20-17-18(9-10-22(20)32-21-8-5-4-7-19(21)23(29)30)26-24(31)25-11-6-12-28-15-13-27(2)14-16-28/h4-5,7-10,17H,3,6,11-16H2,1-2H3,(H2,25,26,31). The van der Waals surface area contributed by atoms with Crippen molar-refractivity contribution in [3.05, 3.63) is 48.0 Å². The van der Waals surface area contributed by atoms with Crippen molar-refractivity contribution in [2.75, 3.05) is 63.1 Å². The van der Waals surface area contributed by atoms with Crippen LogP contribution in [0.25, 0.3) is 0 Å². The van der Waals surface area contributed by atoms with Crippen LogP contribution < -0.4 is 15.5 Å². The number of nitrogens with zero attached hydrogens (tertiary/aromatic N) is 3. The van der Waals surface area contributed by atoms with Crippen LogP contribution in [0.4, 0.5) is 16.2 Å². The van der Waals surface area contributed by atoms with Gasteiger partial charge in [0.15, 0.2) is 0 Å². The molecule has 4 rings (SSSR count). The maximum Gasteiger partial charge on any atom is 0.319 e. The number of nitrogens with one attached hydrogen (secondary N) is 2. The van der Waals surface area contributed by atoms with Crippen LogP contribution >= 0.6 is 11.8 Å². The van der Waals surface area contributed by atoms with Crippen molar-refractivity contribution >= 4 is 35.1 Å². The van der Waals surface area contributed by atoms with Crippen molar-refractivity contribution in [1.29, 1.82) is 0 Å². The van der Waals surface area contributed by atoms with Crippen LogP contribution in [-0.4, -0.2) is 74.6 Å². The highest BCUT2D eigenvalue weighted by Crippen LogP contribution is 2.42. The van der Waals surface area contributed by atoms with Gasteiger partial charge in [0.05, 0.1) is 11.3 Å². The van der Waals surface area contributed by atoms with E-state index < -0.39 is 0 Å². The van der Waals surface area contributed by atoms with Crippen molar-refractivity contribution in [3.63, 3.8) is 0 Å². The number of carbonyl (C=O) groups is 2. The van der Waals surface area contributed by atoms with Gasteiger partial charge >= 0.3 is 6.03 Å². The average Bonchev–Trinajstić information content (AvgIpc) is 2.91. The second-order valence-electron chi connectivity index (χ2n) is 8.21. The van der Waals surface area contributed by atoms with E-state index in [1.807, 2.05) is 49.4 Å². The summed E-state index contributed by atoms with van der Waals surface area (Å²) in [6.07, 6.45) is 0.925. The Labute approximate surface area is 194 Å². The van der Waals surface area contributed by atoms with E-state index in [0.717, 1.165) is 54.6 Å². The van der Waals surface area contributed by atoms with Crippen molar-refractivity contribution in [1.82, 2.24) is 15.1 Å². The summed E-state index contributed by atoms with van der Waals surface area (Å²) < 4.78 is 0. The normalized spacial score (nSPS) is 16.8. The summed E-state index contributed by atoms with van der Waals surface area (Å²) >= 11 is 1.59. The lowest BCUT2D eigenvalue weighted by atomic mass is 10.1. The van der Waals surface area contributed by atoms with Crippen LogP contribution in [0.1, 0.15) is 23.7 Å². The summed E-state index contributed by atoms with van der Waals surface area (Å²) in [5.74, 6) is -0.0140. The molecule has 3 amide bonds. The minimum absolute atomic E-state index is 0.0140. The Kier molecular flexibility index (Phi) is 7.34. The van der Waals surface area contributed by atoms with Gasteiger partial charge in [0.25, 0.3) is 5.91 Å². The fourth-order valence-electron chi connectivity index (χ4n) is 4.06. The zero-order chi connectivity index (χ0) is 22.5. The SMILES string of the molecule is CCN1C(=O)c2ccccc2Sc2ccc(NC(=O)NCCCN3CCN(C)CC3)cc21. The molecule has 32 heavy (non-hydrogen) atoms. The van der Waals surface area contributed by atoms with E-state index in [2.05, 4.69) is 27.5 Å². The zero-order valence-corrected chi connectivity index (χ0v) is 19.6. The first kappa shape index (κ1) is 22.6. The number of benzene rings is 2. The van der Waals surface area contributed by atoms with E-state index in [9.17, 15) is 9.59 Å². The first-order valence-corrected chi connectivity index (χ1v) is 12.1. The van der Waals surface area contributed by atoms with E-state index in [4.69, 9.17) is 0 Å². The molecular formula is C24H31N5O2S. The summed E-state index contributed by atoms with van der Waals surface area (Å²) in [7, 11) is 2.15. The molecule has 7 nitrogen and oxygen atoms in total. The molecule has 2 aliphatic heterocycles. The lowest BCUT2D eigenvalue weighted by Gasteiger charge is -2.32. The number of carbonyl (C=O) groups excluding carboxylic acids is 2. The minimum atomic E-state index is -0.220. The van der Waals surface area contributed by atoms with Gasteiger partial charge in [-0.05, 0) is 57.3 Å². The van der Waals surface area contributed by atoms with Gasteiger partial charge in [-0.2, -0.15) is 0 Å². The Morgan fingerprint density at radius 2 is 1.84 bits per heavy atom. The number of anilines is 2. The third-order valence-electron chi connectivity index (χ3n) is 5.94. The van der Waals surface area contributed by atoms with Gasteiger partial charge in [0.1, 0.15) is 0 Å². The molecule has 2 aromatic rings. The maximum absolute atomic E-state index is 13.1. The molecule has 1 saturated heterocycles. The highest BCUT2D eigenvalue weighted by Gasteiger charge is 2.26. The van der Waals surface area contributed by atoms with Crippen molar-refractivity contribution in [2.45, 2.75) is 23.1 Å². The molecule has 0 aromatic heterocycles. The smallest absolute Gasteiger partial charge is 0.319 e. The highest BCUT2D eigenvalue weighted by molar-refractivity contribution is 7.99. The monoisotopic (exact) mass is 453 g/mol. The van der Waals surface area contributed by atoms with Crippen LogP contribution in [0.5, 0.6) is 0 Å². The Balaban J connectivity index is 1.35. The van der Waals surface area contributed by atoms with Gasteiger partial charge in [0, 0.05) is 54.7 Å². The van der Waals surface area contributed by atoms with Crippen LogP contribution in [-0.2, 0) is 0 Å². The fraction of sp³-hybridized carbons (Fsp3) is 0.417. The number of rotatable bonds is 6. The molecule has 2 N–H and O–H groups in total. The second-order valence-corrected chi connectivity index (χ2v) is 9.29.